The van der Waals surface area contributed by atoms with E-state index in [0.29, 0.717) is 5.56 Å². The third-order valence-corrected chi connectivity index (χ3v) is 2.14. The largest absolute Gasteiger partial charge is 0.437 e. The summed E-state index contributed by atoms with van der Waals surface area (Å²) in [5, 5.41) is 4.19. The number of benzene rings is 1. The van der Waals surface area contributed by atoms with Crippen molar-refractivity contribution in [2.45, 2.75) is 6.54 Å². The predicted octanol–water partition coefficient (Wildman–Crippen LogP) is 2.39. The average Bonchev–Trinajstić information content (AvgIpc) is 2.60. The minimum absolute atomic E-state index is 0.0745. The van der Waals surface area contributed by atoms with Crippen molar-refractivity contribution in [3.8, 4) is 11.5 Å². The topological polar surface area (TPSA) is 48.0 Å². The Hall–Kier alpha value is -1.88. The molecule has 88 valence electrons. The number of rotatable bonds is 3. The predicted molar refractivity (Wildman–Crippen MR) is 61.2 cm³/mol. The number of hydrogen-bond acceptors (Lipinski definition) is 3. The monoisotopic (exact) mass is 254 g/mol. The molecule has 0 radical (unpaired) electrons. The van der Waals surface area contributed by atoms with Gasteiger partial charge in [0.1, 0.15) is 5.82 Å². The standard InChI is InChI=1S/C11H8ClFN2O2/c1-7(12)6-15-11(16)17-10(14-15)8-2-4-9(13)5-3-8/h2-5H,1,6H2. The second-order valence-electron chi connectivity index (χ2n) is 3.35. The van der Waals surface area contributed by atoms with Gasteiger partial charge in [0, 0.05) is 10.6 Å². The van der Waals surface area contributed by atoms with Crippen LogP contribution in [0.15, 0.2) is 45.1 Å². The van der Waals surface area contributed by atoms with Crippen LogP contribution in [-0.4, -0.2) is 9.78 Å². The first-order valence-electron chi connectivity index (χ1n) is 4.73. The third-order valence-electron chi connectivity index (χ3n) is 2.02. The highest BCUT2D eigenvalue weighted by Crippen LogP contribution is 2.15. The van der Waals surface area contributed by atoms with Crippen molar-refractivity contribution in [1.29, 1.82) is 0 Å². The van der Waals surface area contributed by atoms with Gasteiger partial charge in [-0.1, -0.05) is 18.2 Å². The van der Waals surface area contributed by atoms with E-state index in [4.69, 9.17) is 16.0 Å². The SMILES string of the molecule is C=C(Cl)Cn1nc(-c2ccc(F)cc2)oc1=O. The Kier molecular flexibility index (Phi) is 3.10. The minimum Gasteiger partial charge on any atom is -0.388 e. The van der Waals surface area contributed by atoms with Crippen LogP contribution in [0.5, 0.6) is 0 Å². The molecular formula is C11H8ClFN2O2. The van der Waals surface area contributed by atoms with E-state index in [9.17, 15) is 9.18 Å². The lowest BCUT2D eigenvalue weighted by Crippen LogP contribution is -2.15. The lowest BCUT2D eigenvalue weighted by molar-refractivity contribution is 0.496. The van der Waals surface area contributed by atoms with E-state index in [0.717, 1.165) is 4.68 Å². The van der Waals surface area contributed by atoms with Crippen LogP contribution in [0.1, 0.15) is 0 Å². The summed E-state index contributed by atoms with van der Waals surface area (Å²) in [7, 11) is 0. The Balaban J connectivity index is 2.37. The number of hydrogen-bond donors (Lipinski definition) is 0. The minimum atomic E-state index is -0.633. The van der Waals surface area contributed by atoms with E-state index in [2.05, 4.69) is 11.7 Å². The quantitative estimate of drug-likeness (QED) is 0.845. The van der Waals surface area contributed by atoms with E-state index >= 15 is 0 Å². The van der Waals surface area contributed by atoms with Crippen LogP contribution in [0.2, 0.25) is 0 Å². The maximum absolute atomic E-state index is 12.7. The lowest BCUT2D eigenvalue weighted by Gasteiger charge is -1.94. The van der Waals surface area contributed by atoms with Gasteiger partial charge in [-0.15, -0.1) is 5.10 Å². The van der Waals surface area contributed by atoms with Crippen molar-refractivity contribution in [3.63, 3.8) is 0 Å². The summed E-state index contributed by atoms with van der Waals surface area (Å²) in [5.74, 6) is -0.885. The highest BCUT2D eigenvalue weighted by molar-refractivity contribution is 6.29. The molecule has 4 nitrogen and oxygen atoms in total. The summed E-state index contributed by atoms with van der Waals surface area (Å²) >= 11 is 5.57. The van der Waals surface area contributed by atoms with Crippen molar-refractivity contribution in [1.82, 2.24) is 9.78 Å². The van der Waals surface area contributed by atoms with Gasteiger partial charge in [-0.2, -0.15) is 4.68 Å². The van der Waals surface area contributed by atoms with E-state index in [1.54, 1.807) is 0 Å². The summed E-state index contributed by atoms with van der Waals surface area (Å²) in [6, 6.07) is 5.46. The fourth-order valence-electron chi connectivity index (χ4n) is 1.28. The molecule has 0 aliphatic heterocycles. The summed E-state index contributed by atoms with van der Waals surface area (Å²) in [6.07, 6.45) is 0. The van der Waals surface area contributed by atoms with E-state index in [-0.39, 0.29) is 23.3 Å². The van der Waals surface area contributed by atoms with Crippen LogP contribution in [0, 0.1) is 5.82 Å². The normalized spacial score (nSPS) is 10.5. The Labute approximate surface area is 101 Å². The molecule has 0 saturated carbocycles. The summed E-state index contributed by atoms with van der Waals surface area (Å²) < 4.78 is 18.7. The van der Waals surface area contributed by atoms with Crippen molar-refractivity contribution in [2.24, 2.45) is 0 Å². The molecular weight excluding hydrogens is 247 g/mol. The zero-order valence-electron chi connectivity index (χ0n) is 8.69. The van der Waals surface area contributed by atoms with Crippen LogP contribution in [0.25, 0.3) is 11.5 Å². The number of aromatic nitrogens is 2. The van der Waals surface area contributed by atoms with Crippen LogP contribution < -0.4 is 5.76 Å². The van der Waals surface area contributed by atoms with Gasteiger partial charge in [0.25, 0.3) is 0 Å². The second-order valence-corrected chi connectivity index (χ2v) is 3.89. The fourth-order valence-corrected chi connectivity index (χ4v) is 1.39. The first-order valence-corrected chi connectivity index (χ1v) is 5.11. The first-order chi connectivity index (χ1) is 8.06. The molecule has 0 unspecified atom stereocenters. The maximum atomic E-state index is 12.7. The van der Waals surface area contributed by atoms with Crippen molar-refractivity contribution < 1.29 is 8.81 Å². The van der Waals surface area contributed by atoms with Gasteiger partial charge < -0.3 is 4.42 Å². The van der Waals surface area contributed by atoms with Gasteiger partial charge >= 0.3 is 5.76 Å². The molecule has 0 atom stereocenters. The van der Waals surface area contributed by atoms with Gasteiger partial charge in [0.05, 0.1) is 6.54 Å². The smallest absolute Gasteiger partial charge is 0.388 e. The van der Waals surface area contributed by atoms with Crippen LogP contribution in [-0.2, 0) is 6.54 Å². The number of allylic oxidation sites excluding steroid dienone is 1. The summed E-state index contributed by atoms with van der Waals surface area (Å²) in [5.41, 5.74) is 0.516. The first kappa shape index (κ1) is 11.6. The third kappa shape index (κ3) is 2.62. The van der Waals surface area contributed by atoms with Gasteiger partial charge in [-0.3, -0.25) is 0 Å². The zero-order valence-corrected chi connectivity index (χ0v) is 9.45. The Morgan fingerprint density at radius 3 is 2.71 bits per heavy atom. The Bertz CT molecular complexity index is 601. The molecule has 1 aromatic carbocycles. The molecule has 0 aliphatic rings. The molecule has 0 amide bonds. The molecule has 0 N–H and O–H groups in total. The Morgan fingerprint density at radius 1 is 1.47 bits per heavy atom. The second kappa shape index (κ2) is 4.55. The molecule has 6 heteroatoms. The van der Waals surface area contributed by atoms with Gasteiger partial charge in [-0.25, -0.2) is 9.18 Å². The van der Waals surface area contributed by atoms with E-state index in [1.165, 1.54) is 24.3 Å². The van der Waals surface area contributed by atoms with Crippen LogP contribution in [0.3, 0.4) is 0 Å². The van der Waals surface area contributed by atoms with Crippen LogP contribution in [0.4, 0.5) is 4.39 Å². The van der Waals surface area contributed by atoms with E-state index in [1.807, 2.05) is 0 Å². The van der Waals surface area contributed by atoms with Crippen molar-refractivity contribution in [2.75, 3.05) is 0 Å². The van der Waals surface area contributed by atoms with Crippen molar-refractivity contribution >= 4 is 11.6 Å². The van der Waals surface area contributed by atoms with Crippen LogP contribution >= 0.6 is 11.6 Å². The molecule has 0 fully saturated rings. The number of nitrogens with zero attached hydrogens (tertiary/aromatic N) is 2. The van der Waals surface area contributed by atoms with E-state index < -0.39 is 5.76 Å². The molecule has 1 aromatic heterocycles. The molecule has 1 heterocycles. The summed E-state index contributed by atoms with van der Waals surface area (Å²) in [6.45, 7) is 3.53. The molecule has 0 spiro atoms. The highest BCUT2D eigenvalue weighted by atomic mass is 35.5. The van der Waals surface area contributed by atoms with Gasteiger partial charge in [-0.05, 0) is 24.3 Å². The molecule has 2 aromatic rings. The Morgan fingerprint density at radius 2 is 2.12 bits per heavy atom. The summed E-state index contributed by atoms with van der Waals surface area (Å²) in [4.78, 5) is 11.4. The fraction of sp³-hybridized carbons (Fsp3) is 0.0909. The van der Waals surface area contributed by atoms with Crippen molar-refractivity contribution in [3.05, 3.63) is 52.2 Å². The van der Waals surface area contributed by atoms with Gasteiger partial charge in [0.2, 0.25) is 5.89 Å². The lowest BCUT2D eigenvalue weighted by atomic mass is 10.2. The maximum Gasteiger partial charge on any atom is 0.437 e. The molecule has 2 rings (SSSR count). The number of halogens is 2. The van der Waals surface area contributed by atoms with Gasteiger partial charge in [0.15, 0.2) is 0 Å². The zero-order chi connectivity index (χ0) is 12.4. The molecule has 0 saturated heterocycles. The molecule has 0 bridgehead atoms. The highest BCUT2D eigenvalue weighted by Gasteiger charge is 2.10. The average molecular weight is 255 g/mol. The molecule has 0 aliphatic carbocycles. The molecule has 17 heavy (non-hydrogen) atoms.